The summed E-state index contributed by atoms with van der Waals surface area (Å²) >= 11 is 1.59. The first kappa shape index (κ1) is 15.1. The lowest BCUT2D eigenvalue weighted by Crippen LogP contribution is -2.21. The molecule has 3 aromatic rings. The van der Waals surface area contributed by atoms with Gasteiger partial charge in [-0.2, -0.15) is 0 Å². The zero-order valence-electron chi connectivity index (χ0n) is 11.6. The number of ether oxygens (including phenoxy) is 1. The van der Waals surface area contributed by atoms with E-state index < -0.39 is 17.7 Å². The minimum atomic E-state index is -0.933. The summed E-state index contributed by atoms with van der Waals surface area (Å²) < 4.78 is 33.4. The van der Waals surface area contributed by atoms with Crippen molar-refractivity contribution in [1.29, 1.82) is 0 Å². The van der Waals surface area contributed by atoms with Crippen molar-refractivity contribution >= 4 is 22.4 Å². The van der Waals surface area contributed by atoms with Gasteiger partial charge in [-0.05, 0) is 11.4 Å². The fraction of sp³-hybridized carbons (Fsp3) is 0.267. The molecule has 0 saturated carbocycles. The second kappa shape index (κ2) is 6.51. The number of aliphatic hydroxyl groups is 1. The maximum atomic E-state index is 13.3. The number of halogens is 2. The van der Waals surface area contributed by atoms with Crippen LogP contribution in [0.25, 0.3) is 11.0 Å². The molecule has 2 aromatic heterocycles. The fourth-order valence-electron chi connectivity index (χ4n) is 2.17. The van der Waals surface area contributed by atoms with Crippen molar-refractivity contribution in [2.45, 2.75) is 19.3 Å². The van der Waals surface area contributed by atoms with Gasteiger partial charge in [-0.3, -0.25) is 0 Å². The number of hydrogen-bond donors (Lipinski definition) is 1. The first-order valence-electron chi connectivity index (χ1n) is 6.71. The highest BCUT2D eigenvalue weighted by molar-refractivity contribution is 7.09. The Morgan fingerprint density at radius 1 is 1.32 bits per heavy atom. The second-order valence-electron chi connectivity index (χ2n) is 4.90. The molecule has 1 N–H and O–H groups in total. The molecule has 0 amide bonds. The SMILES string of the molecule is O[C@@H](COCc1cccs1)Cn1cnc2cc(F)c(F)cc21. The summed E-state index contributed by atoms with van der Waals surface area (Å²) in [5, 5.41) is 12.0. The number of imidazole rings is 1. The first-order chi connectivity index (χ1) is 10.6. The van der Waals surface area contributed by atoms with Crippen LogP contribution in [0, 0.1) is 11.6 Å². The molecule has 2 heterocycles. The molecule has 1 atom stereocenters. The molecule has 116 valence electrons. The molecule has 7 heteroatoms. The Balaban J connectivity index is 1.61. The minimum absolute atomic E-state index is 0.154. The Bertz CT molecular complexity index is 758. The molecular formula is C15H14F2N2O2S. The summed E-state index contributed by atoms with van der Waals surface area (Å²) in [7, 11) is 0. The maximum Gasteiger partial charge on any atom is 0.161 e. The third kappa shape index (κ3) is 3.32. The third-order valence-corrected chi connectivity index (χ3v) is 4.06. The van der Waals surface area contributed by atoms with Crippen LogP contribution in [-0.4, -0.2) is 27.4 Å². The standard InChI is InChI=1S/C15H14F2N2O2S/c16-12-4-14-15(5-13(12)17)19(9-18-14)6-10(20)7-21-8-11-2-1-3-22-11/h1-5,9-10,20H,6-8H2/t10-/m1/s1. The van der Waals surface area contributed by atoms with Crippen molar-refractivity contribution < 1.29 is 18.6 Å². The number of aliphatic hydroxyl groups excluding tert-OH is 1. The maximum absolute atomic E-state index is 13.3. The van der Waals surface area contributed by atoms with E-state index in [-0.39, 0.29) is 13.2 Å². The average Bonchev–Trinajstić information content (AvgIpc) is 3.11. The highest BCUT2D eigenvalue weighted by Gasteiger charge is 2.12. The molecule has 0 spiro atoms. The molecule has 3 rings (SSSR count). The Morgan fingerprint density at radius 3 is 2.91 bits per heavy atom. The predicted octanol–water partition coefficient (Wildman–Crippen LogP) is 2.95. The molecule has 0 radical (unpaired) electrons. The van der Waals surface area contributed by atoms with Crippen molar-refractivity contribution in [3.63, 3.8) is 0 Å². The molecule has 4 nitrogen and oxygen atoms in total. The number of fused-ring (bicyclic) bond motifs is 1. The van der Waals surface area contributed by atoms with Crippen LogP contribution in [0.2, 0.25) is 0 Å². The van der Waals surface area contributed by atoms with E-state index in [2.05, 4.69) is 4.98 Å². The van der Waals surface area contributed by atoms with E-state index in [1.807, 2.05) is 17.5 Å². The van der Waals surface area contributed by atoms with Gasteiger partial charge in [-0.25, -0.2) is 13.8 Å². The second-order valence-corrected chi connectivity index (χ2v) is 5.93. The molecule has 22 heavy (non-hydrogen) atoms. The van der Waals surface area contributed by atoms with Gasteiger partial charge in [0.1, 0.15) is 0 Å². The van der Waals surface area contributed by atoms with Gasteiger partial charge in [0.25, 0.3) is 0 Å². The van der Waals surface area contributed by atoms with E-state index in [1.165, 1.54) is 6.33 Å². The van der Waals surface area contributed by atoms with Crippen LogP contribution in [-0.2, 0) is 17.9 Å². The number of rotatable bonds is 6. The molecule has 0 aliphatic rings. The van der Waals surface area contributed by atoms with E-state index in [4.69, 9.17) is 4.74 Å². The number of hydrogen-bond acceptors (Lipinski definition) is 4. The van der Waals surface area contributed by atoms with Gasteiger partial charge in [0.05, 0.1) is 43.2 Å². The molecule has 1 aromatic carbocycles. The minimum Gasteiger partial charge on any atom is -0.389 e. The van der Waals surface area contributed by atoms with Gasteiger partial charge in [0.15, 0.2) is 11.6 Å². The van der Waals surface area contributed by atoms with Crippen LogP contribution in [0.5, 0.6) is 0 Å². The first-order valence-corrected chi connectivity index (χ1v) is 7.59. The normalized spacial score (nSPS) is 12.9. The molecule has 0 bridgehead atoms. The van der Waals surface area contributed by atoms with Crippen LogP contribution in [0.3, 0.4) is 0 Å². The third-order valence-electron chi connectivity index (χ3n) is 3.21. The Labute approximate surface area is 129 Å². The number of aromatic nitrogens is 2. The lowest BCUT2D eigenvalue weighted by Gasteiger charge is -2.12. The van der Waals surface area contributed by atoms with Gasteiger partial charge >= 0.3 is 0 Å². The molecule has 0 saturated heterocycles. The molecule has 0 aliphatic heterocycles. The Hall–Kier alpha value is -1.83. The van der Waals surface area contributed by atoms with Crippen molar-refractivity contribution in [1.82, 2.24) is 9.55 Å². The fourth-order valence-corrected chi connectivity index (χ4v) is 2.81. The van der Waals surface area contributed by atoms with E-state index in [9.17, 15) is 13.9 Å². The van der Waals surface area contributed by atoms with Gasteiger partial charge in [0.2, 0.25) is 0 Å². The summed E-state index contributed by atoms with van der Waals surface area (Å²) in [4.78, 5) is 5.08. The summed E-state index contributed by atoms with van der Waals surface area (Å²) in [6.45, 7) is 0.798. The highest BCUT2D eigenvalue weighted by atomic mass is 32.1. The number of thiophene rings is 1. The number of benzene rings is 1. The highest BCUT2D eigenvalue weighted by Crippen LogP contribution is 2.18. The van der Waals surface area contributed by atoms with Gasteiger partial charge < -0.3 is 14.4 Å². The number of nitrogens with zero attached hydrogens (tertiary/aromatic N) is 2. The quantitative estimate of drug-likeness (QED) is 0.758. The molecule has 0 aliphatic carbocycles. The molecule has 0 fully saturated rings. The van der Waals surface area contributed by atoms with Gasteiger partial charge in [-0.15, -0.1) is 11.3 Å². The lowest BCUT2D eigenvalue weighted by atomic mass is 10.3. The van der Waals surface area contributed by atoms with Crippen LogP contribution in [0.1, 0.15) is 4.88 Å². The van der Waals surface area contributed by atoms with Gasteiger partial charge in [0, 0.05) is 17.0 Å². The van der Waals surface area contributed by atoms with Crippen LogP contribution in [0.15, 0.2) is 36.0 Å². The van der Waals surface area contributed by atoms with Crippen molar-refractivity contribution in [2.75, 3.05) is 6.61 Å². The predicted molar refractivity (Wildman–Crippen MR) is 79.6 cm³/mol. The van der Waals surface area contributed by atoms with E-state index in [0.717, 1.165) is 17.0 Å². The monoisotopic (exact) mass is 324 g/mol. The Morgan fingerprint density at radius 2 is 2.14 bits per heavy atom. The smallest absolute Gasteiger partial charge is 0.161 e. The summed E-state index contributed by atoms with van der Waals surface area (Å²) in [5.74, 6) is -1.87. The lowest BCUT2D eigenvalue weighted by molar-refractivity contribution is 0.0218. The van der Waals surface area contributed by atoms with Crippen LogP contribution >= 0.6 is 11.3 Å². The summed E-state index contributed by atoms with van der Waals surface area (Å²) in [5.41, 5.74) is 0.793. The van der Waals surface area contributed by atoms with Crippen molar-refractivity contribution in [3.8, 4) is 0 Å². The summed E-state index contributed by atoms with van der Waals surface area (Å²) in [6, 6.07) is 6.01. The van der Waals surface area contributed by atoms with Gasteiger partial charge in [-0.1, -0.05) is 6.07 Å². The Kier molecular flexibility index (Phi) is 4.47. The largest absolute Gasteiger partial charge is 0.389 e. The molecular weight excluding hydrogens is 310 g/mol. The molecule has 0 unspecified atom stereocenters. The average molecular weight is 324 g/mol. The van der Waals surface area contributed by atoms with E-state index >= 15 is 0 Å². The zero-order valence-corrected chi connectivity index (χ0v) is 12.4. The van der Waals surface area contributed by atoms with Crippen LogP contribution in [0.4, 0.5) is 8.78 Å². The van der Waals surface area contributed by atoms with E-state index in [1.54, 1.807) is 15.9 Å². The van der Waals surface area contributed by atoms with Crippen molar-refractivity contribution in [3.05, 3.63) is 52.5 Å². The van der Waals surface area contributed by atoms with Crippen LogP contribution < -0.4 is 0 Å². The van der Waals surface area contributed by atoms with E-state index in [0.29, 0.717) is 17.6 Å². The zero-order chi connectivity index (χ0) is 15.5. The summed E-state index contributed by atoms with van der Waals surface area (Å²) in [6.07, 6.45) is 0.692. The topological polar surface area (TPSA) is 47.3 Å². The van der Waals surface area contributed by atoms with Crippen molar-refractivity contribution in [2.24, 2.45) is 0 Å².